The Bertz CT molecular complexity index is 1060. The number of H-pyrrole nitrogens is 1. The van der Waals surface area contributed by atoms with Gasteiger partial charge in [-0.15, -0.1) is 0 Å². The normalized spacial score (nSPS) is 14.2. The molecule has 1 aliphatic carbocycles. The number of carbonyl (C=O) groups is 2. The van der Waals surface area contributed by atoms with Crippen LogP contribution in [0.5, 0.6) is 0 Å². The second-order valence-electron chi connectivity index (χ2n) is 8.07. The van der Waals surface area contributed by atoms with Crippen molar-refractivity contribution in [3.63, 3.8) is 0 Å². The summed E-state index contributed by atoms with van der Waals surface area (Å²) in [5, 5.41) is 13.5. The van der Waals surface area contributed by atoms with Gasteiger partial charge in [0.25, 0.3) is 11.8 Å². The lowest BCUT2D eigenvalue weighted by molar-refractivity contribution is 0.0927. The highest BCUT2D eigenvalue weighted by atomic mass is 32.2. The lowest BCUT2D eigenvalue weighted by atomic mass is 9.95. The number of hydrogen-bond donors (Lipinski definition) is 3. The number of carbonyl (C=O) groups excluding carboxylic acids is 2. The molecule has 1 heterocycles. The summed E-state index contributed by atoms with van der Waals surface area (Å²) in [6, 6.07) is 13.2. The molecule has 3 aromatic rings. The van der Waals surface area contributed by atoms with Crippen molar-refractivity contribution in [2.45, 2.75) is 56.0 Å². The number of amides is 2. The summed E-state index contributed by atoms with van der Waals surface area (Å²) < 4.78 is 0. The summed E-state index contributed by atoms with van der Waals surface area (Å²) in [7, 11) is 0. The zero-order valence-corrected chi connectivity index (χ0v) is 18.9. The molecule has 0 radical (unpaired) electrons. The molecule has 0 aliphatic heterocycles. The van der Waals surface area contributed by atoms with Gasteiger partial charge in [0.15, 0.2) is 5.16 Å². The first-order chi connectivity index (χ1) is 15.6. The van der Waals surface area contributed by atoms with Crippen LogP contribution < -0.4 is 10.6 Å². The number of thioether (sulfide) groups is 1. The van der Waals surface area contributed by atoms with Crippen molar-refractivity contribution in [3.8, 4) is 0 Å². The van der Waals surface area contributed by atoms with Gasteiger partial charge < -0.3 is 10.6 Å². The van der Waals surface area contributed by atoms with Crippen molar-refractivity contribution in [1.82, 2.24) is 20.5 Å². The second-order valence-corrected chi connectivity index (χ2v) is 9.03. The Morgan fingerprint density at radius 1 is 1.03 bits per heavy atom. The van der Waals surface area contributed by atoms with E-state index in [1.165, 1.54) is 25.6 Å². The summed E-state index contributed by atoms with van der Waals surface area (Å²) >= 11 is 1.55. The minimum absolute atomic E-state index is 0.0448. The third-order valence-electron chi connectivity index (χ3n) is 5.66. The smallest absolute Gasteiger partial charge is 0.255 e. The number of aryl methyl sites for hydroxylation is 1. The third kappa shape index (κ3) is 5.76. The van der Waals surface area contributed by atoms with Gasteiger partial charge in [-0.25, -0.2) is 4.98 Å². The molecule has 2 amide bonds. The highest BCUT2D eigenvalue weighted by molar-refractivity contribution is 7.98. The SMILES string of the molecule is Cc1cc(C(=O)NC2CCCCC2)ccc1NC(=O)c1ccc(CSc2ncn[nH]2)cc1. The first-order valence-electron chi connectivity index (χ1n) is 10.9. The fourth-order valence-electron chi connectivity index (χ4n) is 3.82. The molecular weight excluding hydrogens is 422 g/mol. The molecule has 0 bridgehead atoms. The number of nitrogens with zero attached hydrogens (tertiary/aromatic N) is 2. The molecule has 1 aromatic heterocycles. The number of aromatic amines is 1. The molecule has 3 N–H and O–H groups in total. The van der Waals surface area contributed by atoms with E-state index in [0.29, 0.717) is 16.8 Å². The first-order valence-corrected chi connectivity index (χ1v) is 11.9. The van der Waals surface area contributed by atoms with Gasteiger partial charge in [0.1, 0.15) is 6.33 Å². The van der Waals surface area contributed by atoms with Gasteiger partial charge in [0, 0.05) is 28.6 Å². The van der Waals surface area contributed by atoms with Crippen molar-refractivity contribution < 1.29 is 9.59 Å². The first kappa shape index (κ1) is 22.1. The average molecular weight is 450 g/mol. The van der Waals surface area contributed by atoms with E-state index in [-0.39, 0.29) is 17.9 Å². The highest BCUT2D eigenvalue weighted by Crippen LogP contribution is 2.21. The minimum atomic E-state index is -0.179. The van der Waals surface area contributed by atoms with Crippen molar-refractivity contribution in [2.24, 2.45) is 0 Å². The number of benzene rings is 2. The topological polar surface area (TPSA) is 99.8 Å². The Morgan fingerprint density at radius 3 is 2.47 bits per heavy atom. The molecule has 32 heavy (non-hydrogen) atoms. The lowest BCUT2D eigenvalue weighted by Gasteiger charge is -2.23. The van der Waals surface area contributed by atoms with Crippen molar-refractivity contribution in [3.05, 3.63) is 71.0 Å². The standard InChI is InChI=1S/C24H27N5O2S/c1-16-13-19(23(31)27-20-5-3-2-4-6-20)11-12-21(16)28-22(30)18-9-7-17(8-10-18)14-32-24-25-15-26-29-24/h7-13,15,20H,2-6,14H2,1H3,(H,27,31)(H,28,30)(H,25,26,29). The fraction of sp³-hybridized carbons (Fsp3) is 0.333. The zero-order chi connectivity index (χ0) is 22.3. The van der Waals surface area contributed by atoms with Crippen LogP contribution in [0.15, 0.2) is 53.9 Å². The van der Waals surface area contributed by atoms with Crippen LogP contribution in [0.2, 0.25) is 0 Å². The highest BCUT2D eigenvalue weighted by Gasteiger charge is 2.17. The van der Waals surface area contributed by atoms with Crippen LogP contribution in [-0.4, -0.2) is 33.0 Å². The number of rotatable bonds is 7. The van der Waals surface area contributed by atoms with Crippen LogP contribution in [0.1, 0.15) is 63.9 Å². The molecule has 1 saturated carbocycles. The third-order valence-corrected chi connectivity index (χ3v) is 6.61. The van der Waals surface area contributed by atoms with Crippen LogP contribution in [-0.2, 0) is 5.75 Å². The Kier molecular flexibility index (Phi) is 7.21. The van der Waals surface area contributed by atoms with Gasteiger partial charge in [0.05, 0.1) is 0 Å². The molecule has 7 nitrogen and oxygen atoms in total. The monoisotopic (exact) mass is 449 g/mol. The molecule has 1 fully saturated rings. The van der Waals surface area contributed by atoms with Crippen molar-refractivity contribution >= 4 is 29.3 Å². The van der Waals surface area contributed by atoms with Crippen LogP contribution >= 0.6 is 11.8 Å². The largest absolute Gasteiger partial charge is 0.349 e. The van der Waals surface area contributed by atoms with E-state index in [0.717, 1.165) is 34.9 Å². The number of anilines is 1. The summed E-state index contributed by atoms with van der Waals surface area (Å²) in [5.41, 5.74) is 3.85. The van der Waals surface area contributed by atoms with Crippen LogP contribution in [0, 0.1) is 6.92 Å². The quantitative estimate of drug-likeness (QED) is 0.453. The molecular formula is C24H27N5O2S. The van der Waals surface area contributed by atoms with Crippen LogP contribution in [0.25, 0.3) is 0 Å². The predicted octanol–water partition coefficient (Wildman–Crippen LogP) is 4.72. The molecule has 166 valence electrons. The Labute approximate surface area is 191 Å². The molecule has 0 saturated heterocycles. The predicted molar refractivity (Wildman–Crippen MR) is 126 cm³/mol. The van der Waals surface area contributed by atoms with Gasteiger partial charge in [-0.1, -0.05) is 43.2 Å². The van der Waals surface area contributed by atoms with Gasteiger partial charge in [-0.3, -0.25) is 14.7 Å². The zero-order valence-electron chi connectivity index (χ0n) is 18.1. The maximum absolute atomic E-state index is 12.7. The van der Waals surface area contributed by atoms with E-state index in [1.54, 1.807) is 23.9 Å². The maximum Gasteiger partial charge on any atom is 0.255 e. The van der Waals surface area contributed by atoms with Gasteiger partial charge >= 0.3 is 0 Å². The second kappa shape index (κ2) is 10.5. The van der Waals surface area contributed by atoms with Gasteiger partial charge in [-0.2, -0.15) is 5.10 Å². The molecule has 1 aliphatic rings. The molecule has 0 spiro atoms. The molecule has 0 unspecified atom stereocenters. The molecule has 4 rings (SSSR count). The summed E-state index contributed by atoms with van der Waals surface area (Å²) in [5.74, 6) is 0.513. The fourth-order valence-corrected chi connectivity index (χ4v) is 4.56. The van der Waals surface area contributed by atoms with E-state index in [4.69, 9.17) is 0 Å². The van der Waals surface area contributed by atoms with Crippen LogP contribution in [0.4, 0.5) is 5.69 Å². The van der Waals surface area contributed by atoms with E-state index in [9.17, 15) is 9.59 Å². The van der Waals surface area contributed by atoms with E-state index >= 15 is 0 Å². The Morgan fingerprint density at radius 2 is 1.78 bits per heavy atom. The van der Waals surface area contributed by atoms with E-state index in [2.05, 4.69) is 25.8 Å². The van der Waals surface area contributed by atoms with Crippen molar-refractivity contribution in [2.75, 3.05) is 5.32 Å². The minimum Gasteiger partial charge on any atom is -0.349 e. The average Bonchev–Trinajstić information content (AvgIpc) is 3.34. The van der Waals surface area contributed by atoms with Crippen molar-refractivity contribution in [1.29, 1.82) is 0 Å². The van der Waals surface area contributed by atoms with Gasteiger partial charge in [0.2, 0.25) is 0 Å². The molecule has 0 atom stereocenters. The number of aromatic nitrogens is 3. The molecule has 8 heteroatoms. The Balaban J connectivity index is 1.33. The Hall–Kier alpha value is -3.13. The summed E-state index contributed by atoms with van der Waals surface area (Å²) in [6.07, 6.45) is 7.19. The number of nitrogens with one attached hydrogen (secondary N) is 3. The van der Waals surface area contributed by atoms with E-state index in [1.807, 2.05) is 37.3 Å². The molecule has 2 aromatic carbocycles. The maximum atomic E-state index is 12.7. The van der Waals surface area contributed by atoms with Gasteiger partial charge in [-0.05, 0) is 61.2 Å². The van der Waals surface area contributed by atoms with Crippen LogP contribution in [0.3, 0.4) is 0 Å². The summed E-state index contributed by atoms with van der Waals surface area (Å²) in [4.78, 5) is 29.3. The van der Waals surface area contributed by atoms with E-state index < -0.39 is 0 Å². The lowest BCUT2D eigenvalue weighted by Crippen LogP contribution is -2.36. The number of hydrogen-bond acceptors (Lipinski definition) is 5. The summed E-state index contributed by atoms with van der Waals surface area (Å²) in [6.45, 7) is 1.90.